The quantitative estimate of drug-likeness (QED) is 0.468. The van der Waals surface area contributed by atoms with Gasteiger partial charge in [-0.25, -0.2) is 0 Å². The molecule has 1 heterocycles. The smallest absolute Gasteiger partial charge is 0.266 e. The highest BCUT2D eigenvalue weighted by molar-refractivity contribution is 7.18. The molecular formula is C23H24ClN3O2S. The number of carbonyl (C=O) groups is 2. The average Bonchev–Trinajstić information content (AvgIpc) is 3.10. The first-order chi connectivity index (χ1) is 14.4. The van der Waals surface area contributed by atoms with Gasteiger partial charge in [0.25, 0.3) is 11.8 Å². The standard InChI is InChI=1S/C23H24ClN3O2S/c1-4-27(5-2)17-12-10-16(11-13-17)25-23(29)21-15(3)14-20(30-21)26-22(28)18-8-6-7-9-19(18)24/h6-14H,4-5H2,1-3H3,(H,25,29)(H,26,28). The number of carbonyl (C=O) groups excluding carboxylic acids is 2. The highest BCUT2D eigenvalue weighted by Gasteiger charge is 2.17. The van der Waals surface area contributed by atoms with Crippen molar-refractivity contribution in [3.8, 4) is 0 Å². The van der Waals surface area contributed by atoms with Crippen molar-refractivity contribution in [3.05, 3.63) is 75.6 Å². The van der Waals surface area contributed by atoms with Crippen LogP contribution in [-0.2, 0) is 0 Å². The molecule has 0 saturated heterocycles. The number of nitrogens with zero attached hydrogens (tertiary/aromatic N) is 1. The molecule has 0 atom stereocenters. The number of hydrogen-bond acceptors (Lipinski definition) is 4. The molecule has 0 saturated carbocycles. The molecule has 0 spiro atoms. The highest BCUT2D eigenvalue weighted by atomic mass is 35.5. The average molecular weight is 442 g/mol. The number of halogens is 1. The summed E-state index contributed by atoms with van der Waals surface area (Å²) in [5, 5.41) is 6.73. The van der Waals surface area contributed by atoms with E-state index < -0.39 is 0 Å². The molecule has 0 aliphatic rings. The van der Waals surface area contributed by atoms with Crippen molar-refractivity contribution >= 4 is 51.1 Å². The summed E-state index contributed by atoms with van der Waals surface area (Å²) in [5.74, 6) is -0.507. The summed E-state index contributed by atoms with van der Waals surface area (Å²) >= 11 is 7.32. The summed E-state index contributed by atoms with van der Waals surface area (Å²) in [5.41, 5.74) is 3.04. The number of hydrogen-bond donors (Lipinski definition) is 2. The Morgan fingerprint density at radius 3 is 2.27 bits per heavy atom. The molecule has 0 aliphatic heterocycles. The number of rotatable bonds is 7. The van der Waals surface area contributed by atoms with E-state index in [1.807, 2.05) is 31.2 Å². The normalized spacial score (nSPS) is 10.5. The van der Waals surface area contributed by atoms with Crippen LogP contribution in [0, 0.1) is 6.92 Å². The number of amides is 2. The third-order valence-electron chi connectivity index (χ3n) is 4.73. The molecular weight excluding hydrogens is 418 g/mol. The molecule has 2 aromatic carbocycles. The van der Waals surface area contributed by atoms with Crippen LogP contribution in [0.25, 0.3) is 0 Å². The van der Waals surface area contributed by atoms with Gasteiger partial charge in [-0.05, 0) is 68.8 Å². The van der Waals surface area contributed by atoms with Gasteiger partial charge in [0.2, 0.25) is 0 Å². The van der Waals surface area contributed by atoms with E-state index in [1.165, 1.54) is 11.3 Å². The van der Waals surface area contributed by atoms with Gasteiger partial charge in [-0.2, -0.15) is 0 Å². The van der Waals surface area contributed by atoms with Crippen LogP contribution in [0.5, 0.6) is 0 Å². The Kier molecular flexibility index (Phi) is 7.13. The molecule has 0 unspecified atom stereocenters. The lowest BCUT2D eigenvalue weighted by molar-refractivity contribution is 0.102. The first-order valence-electron chi connectivity index (χ1n) is 9.75. The van der Waals surface area contributed by atoms with Crippen LogP contribution in [0.15, 0.2) is 54.6 Å². The van der Waals surface area contributed by atoms with Gasteiger partial charge in [0, 0.05) is 24.5 Å². The zero-order valence-corrected chi connectivity index (χ0v) is 18.7. The largest absolute Gasteiger partial charge is 0.372 e. The Bertz CT molecular complexity index is 1040. The van der Waals surface area contributed by atoms with Crippen LogP contribution < -0.4 is 15.5 Å². The Labute approximate surface area is 185 Å². The molecule has 0 bridgehead atoms. The third-order valence-corrected chi connectivity index (χ3v) is 6.21. The molecule has 1 aromatic heterocycles. The monoisotopic (exact) mass is 441 g/mol. The van der Waals surface area contributed by atoms with Gasteiger partial charge in [0.1, 0.15) is 0 Å². The molecule has 0 radical (unpaired) electrons. The van der Waals surface area contributed by atoms with Crippen molar-refractivity contribution in [2.45, 2.75) is 20.8 Å². The van der Waals surface area contributed by atoms with Crippen LogP contribution in [0.4, 0.5) is 16.4 Å². The summed E-state index contributed by atoms with van der Waals surface area (Å²) in [6, 6.07) is 16.4. The van der Waals surface area contributed by atoms with Crippen LogP contribution in [0.2, 0.25) is 5.02 Å². The zero-order valence-electron chi connectivity index (χ0n) is 17.2. The van der Waals surface area contributed by atoms with E-state index in [0.717, 1.165) is 30.0 Å². The summed E-state index contributed by atoms with van der Waals surface area (Å²) in [4.78, 5) is 28.0. The Morgan fingerprint density at radius 2 is 1.63 bits per heavy atom. The van der Waals surface area contributed by atoms with Crippen molar-refractivity contribution in [3.63, 3.8) is 0 Å². The minimum absolute atomic E-state index is 0.202. The molecule has 2 N–H and O–H groups in total. The maximum absolute atomic E-state index is 12.7. The van der Waals surface area contributed by atoms with E-state index >= 15 is 0 Å². The van der Waals surface area contributed by atoms with Crippen molar-refractivity contribution in [1.29, 1.82) is 0 Å². The van der Waals surface area contributed by atoms with Crippen LogP contribution in [0.1, 0.15) is 39.4 Å². The summed E-state index contributed by atoms with van der Waals surface area (Å²) in [6.07, 6.45) is 0. The second-order valence-electron chi connectivity index (χ2n) is 6.73. The van der Waals surface area contributed by atoms with Gasteiger partial charge in [-0.1, -0.05) is 23.7 Å². The Balaban J connectivity index is 1.69. The molecule has 0 aliphatic carbocycles. The second kappa shape index (κ2) is 9.78. The second-order valence-corrected chi connectivity index (χ2v) is 8.19. The summed E-state index contributed by atoms with van der Waals surface area (Å²) in [7, 11) is 0. The first-order valence-corrected chi connectivity index (χ1v) is 10.9. The van der Waals surface area contributed by atoms with Gasteiger partial charge in [-0.15, -0.1) is 11.3 Å². The topological polar surface area (TPSA) is 61.4 Å². The minimum atomic E-state index is -0.305. The summed E-state index contributed by atoms with van der Waals surface area (Å²) in [6.45, 7) is 7.93. The molecule has 156 valence electrons. The maximum atomic E-state index is 12.7. The predicted octanol–water partition coefficient (Wildman–Crippen LogP) is 6.06. The van der Waals surface area contributed by atoms with Crippen molar-refractivity contribution in [1.82, 2.24) is 0 Å². The summed E-state index contributed by atoms with van der Waals surface area (Å²) < 4.78 is 0. The number of nitrogens with one attached hydrogen (secondary N) is 2. The highest BCUT2D eigenvalue weighted by Crippen LogP contribution is 2.29. The van der Waals surface area contributed by atoms with Crippen LogP contribution >= 0.6 is 22.9 Å². The maximum Gasteiger partial charge on any atom is 0.266 e. The van der Waals surface area contributed by atoms with E-state index in [9.17, 15) is 9.59 Å². The predicted molar refractivity (Wildman–Crippen MR) is 126 cm³/mol. The first kappa shape index (κ1) is 21.9. The van der Waals surface area contributed by atoms with Crippen molar-refractivity contribution in [2.75, 3.05) is 28.6 Å². The molecule has 5 nitrogen and oxygen atoms in total. The molecule has 2 amide bonds. The molecule has 7 heteroatoms. The van der Waals surface area contributed by atoms with E-state index in [1.54, 1.807) is 30.3 Å². The zero-order chi connectivity index (χ0) is 21.7. The fourth-order valence-electron chi connectivity index (χ4n) is 3.13. The number of benzene rings is 2. The van der Waals surface area contributed by atoms with Crippen LogP contribution in [-0.4, -0.2) is 24.9 Å². The molecule has 0 fully saturated rings. The van der Waals surface area contributed by atoms with Gasteiger partial charge in [0.15, 0.2) is 0 Å². The van der Waals surface area contributed by atoms with Gasteiger partial charge in [-0.3, -0.25) is 9.59 Å². The molecule has 3 aromatic rings. The van der Waals surface area contributed by atoms with Gasteiger partial charge in [0.05, 0.1) is 20.5 Å². The van der Waals surface area contributed by atoms with E-state index in [2.05, 4.69) is 29.4 Å². The fourth-order valence-corrected chi connectivity index (χ4v) is 4.31. The minimum Gasteiger partial charge on any atom is -0.372 e. The number of thiophene rings is 1. The van der Waals surface area contributed by atoms with Gasteiger partial charge < -0.3 is 15.5 Å². The lowest BCUT2D eigenvalue weighted by atomic mass is 10.2. The van der Waals surface area contributed by atoms with Crippen LogP contribution in [0.3, 0.4) is 0 Å². The van der Waals surface area contributed by atoms with E-state index in [4.69, 9.17) is 11.6 Å². The lowest BCUT2D eigenvalue weighted by Crippen LogP contribution is -2.21. The van der Waals surface area contributed by atoms with Crippen molar-refractivity contribution < 1.29 is 9.59 Å². The SMILES string of the molecule is CCN(CC)c1ccc(NC(=O)c2sc(NC(=O)c3ccccc3Cl)cc2C)cc1. The number of anilines is 3. The van der Waals surface area contributed by atoms with E-state index in [-0.39, 0.29) is 11.8 Å². The molecule has 3 rings (SSSR count). The number of aryl methyl sites for hydroxylation is 1. The Hall–Kier alpha value is -2.83. The lowest BCUT2D eigenvalue weighted by Gasteiger charge is -2.21. The van der Waals surface area contributed by atoms with Gasteiger partial charge >= 0.3 is 0 Å². The fraction of sp³-hybridized carbons (Fsp3) is 0.217. The Morgan fingerprint density at radius 1 is 0.967 bits per heavy atom. The molecule has 30 heavy (non-hydrogen) atoms. The van der Waals surface area contributed by atoms with E-state index in [0.29, 0.717) is 20.5 Å². The van der Waals surface area contributed by atoms with Crippen molar-refractivity contribution in [2.24, 2.45) is 0 Å². The third kappa shape index (κ3) is 5.01.